The summed E-state index contributed by atoms with van der Waals surface area (Å²) >= 11 is 5.72. The van der Waals surface area contributed by atoms with Gasteiger partial charge in [-0.1, -0.05) is 16.8 Å². The maximum Gasteiger partial charge on any atom is 0.177 e. The molecule has 1 aromatic rings. The van der Waals surface area contributed by atoms with Gasteiger partial charge in [0.2, 0.25) is 0 Å². The number of oxime groups is 1. The second-order valence-electron chi connectivity index (χ2n) is 2.26. The Morgan fingerprint density at radius 3 is 2.77 bits per heavy atom. The predicted molar refractivity (Wildman–Crippen MR) is 49.0 cm³/mol. The molecular formula is C8H8ClNO3. The van der Waals surface area contributed by atoms with E-state index in [2.05, 4.69) is 5.16 Å². The van der Waals surface area contributed by atoms with Crippen molar-refractivity contribution < 1.29 is 15.1 Å². The molecule has 0 aliphatic heterocycles. The second kappa shape index (κ2) is 4.00. The Morgan fingerprint density at radius 2 is 2.23 bits per heavy atom. The van der Waals surface area contributed by atoms with E-state index in [9.17, 15) is 5.11 Å². The van der Waals surface area contributed by atoms with Crippen molar-refractivity contribution in [1.29, 1.82) is 0 Å². The summed E-state index contributed by atoms with van der Waals surface area (Å²) in [4.78, 5) is 0. The van der Waals surface area contributed by atoms with Gasteiger partial charge in [-0.3, -0.25) is 0 Å². The standard InChI is InChI=1S/C8H8ClNO3/c1-13-6-3-2-5(4-10-12)7(9)8(6)11/h2-4,11-12H,1H3/b10-4+. The molecule has 0 aliphatic carbocycles. The first kappa shape index (κ1) is 9.67. The van der Waals surface area contributed by atoms with Crippen LogP contribution in [0.4, 0.5) is 0 Å². The van der Waals surface area contributed by atoms with Crippen molar-refractivity contribution in [3.63, 3.8) is 0 Å². The molecule has 0 aromatic heterocycles. The maximum atomic E-state index is 9.40. The Morgan fingerprint density at radius 1 is 1.54 bits per heavy atom. The van der Waals surface area contributed by atoms with Crippen molar-refractivity contribution in [2.45, 2.75) is 0 Å². The molecule has 5 heteroatoms. The number of aromatic hydroxyl groups is 1. The minimum absolute atomic E-state index is 0.0946. The normalized spacial score (nSPS) is 10.6. The zero-order valence-corrected chi connectivity index (χ0v) is 7.62. The summed E-state index contributed by atoms with van der Waals surface area (Å²) in [6, 6.07) is 3.10. The molecule has 0 saturated heterocycles. The van der Waals surface area contributed by atoms with E-state index in [0.717, 1.165) is 6.21 Å². The van der Waals surface area contributed by atoms with E-state index >= 15 is 0 Å². The minimum atomic E-state index is -0.165. The third-order valence-corrected chi connectivity index (χ3v) is 1.92. The zero-order chi connectivity index (χ0) is 9.84. The highest BCUT2D eigenvalue weighted by Crippen LogP contribution is 2.35. The molecule has 0 spiro atoms. The number of halogens is 1. The highest BCUT2D eigenvalue weighted by atomic mass is 35.5. The van der Waals surface area contributed by atoms with Crippen LogP contribution < -0.4 is 4.74 Å². The molecule has 4 nitrogen and oxygen atoms in total. The predicted octanol–water partition coefficient (Wildman–Crippen LogP) is 1.86. The molecule has 70 valence electrons. The van der Waals surface area contributed by atoms with Gasteiger partial charge < -0.3 is 15.1 Å². The van der Waals surface area contributed by atoms with Gasteiger partial charge in [0.05, 0.1) is 18.3 Å². The molecule has 1 rings (SSSR count). The smallest absolute Gasteiger partial charge is 0.177 e. The van der Waals surface area contributed by atoms with Crippen LogP contribution in [0, 0.1) is 0 Å². The van der Waals surface area contributed by atoms with Gasteiger partial charge in [0.15, 0.2) is 11.5 Å². The first-order valence-electron chi connectivity index (χ1n) is 3.43. The van der Waals surface area contributed by atoms with E-state index in [-0.39, 0.29) is 16.5 Å². The molecule has 0 unspecified atom stereocenters. The van der Waals surface area contributed by atoms with E-state index in [1.54, 1.807) is 6.07 Å². The van der Waals surface area contributed by atoms with E-state index in [1.807, 2.05) is 0 Å². The van der Waals surface area contributed by atoms with Crippen LogP contribution in [-0.4, -0.2) is 23.6 Å². The van der Waals surface area contributed by atoms with Crippen molar-refractivity contribution in [2.75, 3.05) is 7.11 Å². The summed E-state index contributed by atoms with van der Waals surface area (Å²) in [5.41, 5.74) is 0.419. The monoisotopic (exact) mass is 201 g/mol. The quantitative estimate of drug-likeness (QED) is 0.436. The van der Waals surface area contributed by atoms with Crippen molar-refractivity contribution in [1.82, 2.24) is 0 Å². The molecule has 0 fully saturated rings. The van der Waals surface area contributed by atoms with Crippen molar-refractivity contribution >= 4 is 17.8 Å². The summed E-state index contributed by atoms with van der Waals surface area (Å²) in [6.45, 7) is 0. The van der Waals surface area contributed by atoms with Gasteiger partial charge in [0.1, 0.15) is 0 Å². The van der Waals surface area contributed by atoms with Gasteiger partial charge in [-0.05, 0) is 12.1 Å². The zero-order valence-electron chi connectivity index (χ0n) is 6.86. The fourth-order valence-corrected chi connectivity index (χ4v) is 1.09. The summed E-state index contributed by atoms with van der Waals surface area (Å²) in [5.74, 6) is 0.113. The average Bonchev–Trinajstić information content (AvgIpc) is 2.14. The van der Waals surface area contributed by atoms with Gasteiger partial charge in [0, 0.05) is 5.56 Å². The molecular weight excluding hydrogens is 194 g/mol. The molecule has 1 aromatic carbocycles. The van der Waals surface area contributed by atoms with Crippen molar-refractivity contribution in [2.24, 2.45) is 5.16 Å². The first-order valence-corrected chi connectivity index (χ1v) is 3.81. The van der Waals surface area contributed by atoms with Crippen LogP contribution in [0.1, 0.15) is 5.56 Å². The van der Waals surface area contributed by atoms with Crippen LogP contribution in [0.15, 0.2) is 17.3 Å². The lowest BCUT2D eigenvalue weighted by molar-refractivity contribution is 0.322. The molecule has 0 saturated carbocycles. The molecule has 0 radical (unpaired) electrons. The number of hydrogen-bond donors (Lipinski definition) is 2. The number of hydrogen-bond acceptors (Lipinski definition) is 4. The summed E-state index contributed by atoms with van der Waals surface area (Å²) < 4.78 is 4.82. The number of nitrogens with zero attached hydrogens (tertiary/aromatic N) is 1. The fraction of sp³-hybridized carbons (Fsp3) is 0.125. The van der Waals surface area contributed by atoms with Gasteiger partial charge in [-0.25, -0.2) is 0 Å². The van der Waals surface area contributed by atoms with E-state index in [0.29, 0.717) is 5.56 Å². The Kier molecular flexibility index (Phi) is 2.97. The minimum Gasteiger partial charge on any atom is -0.503 e. The molecule has 0 bridgehead atoms. The third kappa shape index (κ3) is 1.84. The molecule has 13 heavy (non-hydrogen) atoms. The van der Waals surface area contributed by atoms with Crippen LogP contribution >= 0.6 is 11.6 Å². The van der Waals surface area contributed by atoms with Gasteiger partial charge in [-0.2, -0.15) is 0 Å². The van der Waals surface area contributed by atoms with Crippen LogP contribution in [-0.2, 0) is 0 Å². The largest absolute Gasteiger partial charge is 0.503 e. The lowest BCUT2D eigenvalue weighted by Crippen LogP contribution is -1.88. The Hall–Kier alpha value is -1.42. The highest BCUT2D eigenvalue weighted by Gasteiger charge is 2.09. The van der Waals surface area contributed by atoms with E-state index in [4.69, 9.17) is 21.5 Å². The lowest BCUT2D eigenvalue weighted by Gasteiger charge is -2.05. The number of phenolic OH excluding ortho intramolecular Hbond substituents is 1. The lowest BCUT2D eigenvalue weighted by atomic mass is 10.2. The number of phenols is 1. The van der Waals surface area contributed by atoms with Crippen LogP contribution in [0.5, 0.6) is 11.5 Å². The SMILES string of the molecule is COc1ccc(/C=N/O)c(Cl)c1O. The first-order chi connectivity index (χ1) is 6.20. The van der Waals surface area contributed by atoms with Crippen molar-refractivity contribution in [3.05, 3.63) is 22.7 Å². The highest BCUT2D eigenvalue weighted by molar-refractivity contribution is 6.34. The number of methoxy groups -OCH3 is 1. The van der Waals surface area contributed by atoms with Crippen molar-refractivity contribution in [3.8, 4) is 11.5 Å². The Balaban J connectivity index is 3.22. The summed E-state index contributed by atoms with van der Waals surface area (Å²) in [7, 11) is 1.42. The van der Waals surface area contributed by atoms with Gasteiger partial charge in [0.25, 0.3) is 0 Å². The van der Waals surface area contributed by atoms with Crippen LogP contribution in [0.25, 0.3) is 0 Å². The van der Waals surface area contributed by atoms with Gasteiger partial charge in [-0.15, -0.1) is 0 Å². The molecule has 2 N–H and O–H groups in total. The van der Waals surface area contributed by atoms with E-state index in [1.165, 1.54) is 13.2 Å². The van der Waals surface area contributed by atoms with Crippen LogP contribution in [0.2, 0.25) is 5.02 Å². The molecule has 0 atom stereocenters. The number of benzene rings is 1. The molecule has 0 aliphatic rings. The van der Waals surface area contributed by atoms with E-state index < -0.39 is 0 Å². The van der Waals surface area contributed by atoms with Gasteiger partial charge >= 0.3 is 0 Å². The fourth-order valence-electron chi connectivity index (χ4n) is 0.889. The second-order valence-corrected chi connectivity index (χ2v) is 2.64. The topological polar surface area (TPSA) is 62.0 Å². The number of ether oxygens (including phenoxy) is 1. The Labute approximate surface area is 80.0 Å². The van der Waals surface area contributed by atoms with Crippen LogP contribution in [0.3, 0.4) is 0 Å². The average molecular weight is 202 g/mol. The third-order valence-electron chi connectivity index (χ3n) is 1.53. The Bertz CT molecular complexity index is 338. The number of rotatable bonds is 2. The maximum absolute atomic E-state index is 9.40. The summed E-state index contributed by atoms with van der Waals surface area (Å²) in [6.07, 6.45) is 1.13. The molecule has 0 heterocycles. The molecule has 0 amide bonds. The summed E-state index contributed by atoms with van der Waals surface area (Å²) in [5, 5.41) is 20.6.